The van der Waals surface area contributed by atoms with Crippen molar-refractivity contribution in [3.63, 3.8) is 0 Å². The predicted octanol–water partition coefficient (Wildman–Crippen LogP) is 5.11. The van der Waals surface area contributed by atoms with Gasteiger partial charge in [-0.2, -0.15) is 0 Å². The number of methoxy groups -OCH3 is 1. The topological polar surface area (TPSA) is 66.5 Å². The largest absolute Gasteiger partial charge is 0.485 e. The standard InChI is InChI=1S/C26H25N5O2S/c1-32-16-15-31-25(18-33-23-12-6-5-11-22(23)20-9-3-2-4-10-20)28-29-26(31)34-19-21-17-30-14-8-7-13-24(30)27-21/h2-14,17H,15-16,18-19H2,1H3. The van der Waals surface area contributed by atoms with E-state index in [4.69, 9.17) is 9.47 Å². The Morgan fingerprint density at radius 2 is 1.74 bits per heavy atom. The first-order valence-electron chi connectivity index (χ1n) is 11.1. The molecule has 0 saturated carbocycles. The Labute approximate surface area is 202 Å². The molecule has 0 fully saturated rings. The van der Waals surface area contributed by atoms with Gasteiger partial charge in [0, 0.05) is 37.4 Å². The quantitative estimate of drug-likeness (QED) is 0.264. The first-order chi connectivity index (χ1) is 16.8. The molecule has 3 aromatic heterocycles. The van der Waals surface area contributed by atoms with Crippen LogP contribution in [0.4, 0.5) is 0 Å². The summed E-state index contributed by atoms with van der Waals surface area (Å²) in [6, 6.07) is 24.3. The lowest BCUT2D eigenvalue weighted by molar-refractivity contribution is 0.181. The summed E-state index contributed by atoms with van der Waals surface area (Å²) in [4.78, 5) is 4.68. The lowest BCUT2D eigenvalue weighted by Gasteiger charge is -2.13. The number of hydrogen-bond acceptors (Lipinski definition) is 6. The highest BCUT2D eigenvalue weighted by molar-refractivity contribution is 7.98. The molecule has 0 bridgehead atoms. The van der Waals surface area contributed by atoms with E-state index in [0.717, 1.165) is 39.2 Å². The Bertz CT molecular complexity index is 1330. The molecule has 2 aromatic carbocycles. The minimum Gasteiger partial charge on any atom is -0.485 e. The Kier molecular flexibility index (Phi) is 6.88. The predicted molar refractivity (Wildman–Crippen MR) is 133 cm³/mol. The normalized spacial score (nSPS) is 11.2. The Balaban J connectivity index is 1.32. The van der Waals surface area contributed by atoms with E-state index in [-0.39, 0.29) is 0 Å². The lowest BCUT2D eigenvalue weighted by Crippen LogP contribution is -2.12. The first kappa shape index (κ1) is 22.2. The second kappa shape index (κ2) is 10.5. The molecule has 172 valence electrons. The lowest BCUT2D eigenvalue weighted by atomic mass is 10.1. The second-order valence-electron chi connectivity index (χ2n) is 7.68. The van der Waals surface area contributed by atoms with Crippen molar-refractivity contribution < 1.29 is 9.47 Å². The van der Waals surface area contributed by atoms with Crippen LogP contribution in [0.15, 0.2) is 90.3 Å². The molecule has 3 heterocycles. The maximum atomic E-state index is 6.23. The van der Waals surface area contributed by atoms with Gasteiger partial charge in [0.1, 0.15) is 18.0 Å². The molecule has 34 heavy (non-hydrogen) atoms. The fourth-order valence-electron chi connectivity index (χ4n) is 3.73. The van der Waals surface area contributed by atoms with Crippen LogP contribution < -0.4 is 4.74 Å². The zero-order valence-corrected chi connectivity index (χ0v) is 19.7. The third-order valence-electron chi connectivity index (χ3n) is 5.40. The van der Waals surface area contributed by atoms with Crippen LogP contribution in [0.3, 0.4) is 0 Å². The van der Waals surface area contributed by atoms with Crippen molar-refractivity contribution in [1.29, 1.82) is 0 Å². The van der Waals surface area contributed by atoms with Crippen molar-refractivity contribution in [3.05, 3.63) is 96.7 Å². The van der Waals surface area contributed by atoms with E-state index >= 15 is 0 Å². The van der Waals surface area contributed by atoms with E-state index in [2.05, 4.69) is 37.9 Å². The highest BCUT2D eigenvalue weighted by Gasteiger charge is 2.15. The first-order valence-corrected chi connectivity index (χ1v) is 12.0. The van der Waals surface area contributed by atoms with Gasteiger partial charge in [0.15, 0.2) is 11.0 Å². The van der Waals surface area contributed by atoms with Gasteiger partial charge in [-0.15, -0.1) is 10.2 Å². The van der Waals surface area contributed by atoms with Crippen LogP contribution in [-0.2, 0) is 23.6 Å². The number of aromatic nitrogens is 5. The van der Waals surface area contributed by atoms with Gasteiger partial charge in [-0.3, -0.25) is 0 Å². The number of fused-ring (bicyclic) bond motifs is 1. The molecular weight excluding hydrogens is 446 g/mol. The second-order valence-corrected chi connectivity index (χ2v) is 8.62. The number of thioether (sulfide) groups is 1. The smallest absolute Gasteiger partial charge is 0.191 e. The van der Waals surface area contributed by atoms with Gasteiger partial charge in [-0.1, -0.05) is 66.4 Å². The van der Waals surface area contributed by atoms with Gasteiger partial charge in [-0.25, -0.2) is 4.98 Å². The SMILES string of the molecule is COCCn1c(COc2ccccc2-c2ccccc2)nnc1SCc1cn2ccccc2n1. The van der Waals surface area contributed by atoms with Crippen molar-refractivity contribution in [2.24, 2.45) is 0 Å². The van der Waals surface area contributed by atoms with Crippen LogP contribution >= 0.6 is 11.8 Å². The van der Waals surface area contributed by atoms with Crippen molar-refractivity contribution in [2.45, 2.75) is 24.1 Å². The van der Waals surface area contributed by atoms with Crippen molar-refractivity contribution in [2.75, 3.05) is 13.7 Å². The number of hydrogen-bond donors (Lipinski definition) is 0. The number of benzene rings is 2. The van der Waals surface area contributed by atoms with Gasteiger partial charge in [0.25, 0.3) is 0 Å². The molecule has 0 saturated heterocycles. The number of ether oxygens (including phenoxy) is 2. The van der Waals surface area contributed by atoms with Crippen LogP contribution in [0.25, 0.3) is 16.8 Å². The average Bonchev–Trinajstić information content (AvgIpc) is 3.48. The van der Waals surface area contributed by atoms with Crippen LogP contribution in [0.1, 0.15) is 11.5 Å². The van der Waals surface area contributed by atoms with E-state index < -0.39 is 0 Å². The summed E-state index contributed by atoms with van der Waals surface area (Å²) < 4.78 is 15.6. The van der Waals surface area contributed by atoms with Gasteiger partial charge >= 0.3 is 0 Å². The molecule has 0 aliphatic carbocycles. The third kappa shape index (κ3) is 4.98. The molecule has 0 amide bonds. The van der Waals surface area contributed by atoms with Gasteiger partial charge < -0.3 is 18.4 Å². The molecule has 0 aliphatic heterocycles. The number of nitrogens with zero attached hydrogens (tertiary/aromatic N) is 5. The van der Waals surface area contributed by atoms with E-state index in [1.807, 2.05) is 71.4 Å². The summed E-state index contributed by atoms with van der Waals surface area (Å²) in [5.41, 5.74) is 4.09. The minimum absolute atomic E-state index is 0.315. The summed E-state index contributed by atoms with van der Waals surface area (Å²) in [6.45, 7) is 1.53. The Hall–Kier alpha value is -3.62. The van der Waals surface area contributed by atoms with Crippen molar-refractivity contribution in [3.8, 4) is 16.9 Å². The van der Waals surface area contributed by atoms with Crippen LogP contribution in [0.5, 0.6) is 5.75 Å². The molecule has 0 aliphatic rings. The van der Waals surface area contributed by atoms with Crippen LogP contribution in [-0.4, -0.2) is 37.9 Å². The van der Waals surface area contributed by atoms with Gasteiger partial charge in [0.05, 0.1) is 12.3 Å². The number of imidazole rings is 1. The molecule has 0 unspecified atom stereocenters. The molecule has 0 atom stereocenters. The molecule has 0 N–H and O–H groups in total. The summed E-state index contributed by atoms with van der Waals surface area (Å²) in [5, 5.41) is 9.69. The summed E-state index contributed by atoms with van der Waals surface area (Å²) in [7, 11) is 1.69. The number of pyridine rings is 1. The molecule has 0 radical (unpaired) electrons. The van der Waals surface area contributed by atoms with E-state index in [1.54, 1.807) is 18.9 Å². The fraction of sp³-hybridized carbons (Fsp3) is 0.192. The zero-order valence-electron chi connectivity index (χ0n) is 18.9. The summed E-state index contributed by atoms with van der Waals surface area (Å²) in [5.74, 6) is 2.27. The highest BCUT2D eigenvalue weighted by atomic mass is 32.2. The maximum Gasteiger partial charge on any atom is 0.191 e. The molecule has 0 spiro atoms. The number of rotatable bonds is 10. The maximum absolute atomic E-state index is 6.23. The Morgan fingerprint density at radius 3 is 2.59 bits per heavy atom. The molecule has 8 heteroatoms. The van der Waals surface area contributed by atoms with Crippen LogP contribution in [0, 0.1) is 0 Å². The minimum atomic E-state index is 0.315. The average molecular weight is 472 g/mol. The van der Waals surface area contributed by atoms with Gasteiger partial charge in [0.2, 0.25) is 0 Å². The highest BCUT2D eigenvalue weighted by Crippen LogP contribution is 2.30. The molecular formula is C26H25N5O2S. The molecule has 5 rings (SSSR count). The molecule has 7 nitrogen and oxygen atoms in total. The summed E-state index contributed by atoms with van der Waals surface area (Å²) >= 11 is 1.61. The number of para-hydroxylation sites is 1. The van der Waals surface area contributed by atoms with E-state index in [0.29, 0.717) is 25.5 Å². The Morgan fingerprint density at radius 1 is 0.912 bits per heavy atom. The summed E-state index contributed by atoms with van der Waals surface area (Å²) in [6.07, 6.45) is 4.04. The van der Waals surface area contributed by atoms with E-state index in [9.17, 15) is 0 Å². The fourth-order valence-corrected chi connectivity index (χ4v) is 4.59. The third-order valence-corrected chi connectivity index (χ3v) is 6.40. The van der Waals surface area contributed by atoms with Crippen LogP contribution in [0.2, 0.25) is 0 Å². The van der Waals surface area contributed by atoms with E-state index in [1.165, 1.54) is 0 Å². The zero-order chi connectivity index (χ0) is 23.2. The van der Waals surface area contributed by atoms with Gasteiger partial charge in [-0.05, 0) is 23.8 Å². The monoisotopic (exact) mass is 471 g/mol. The molecule has 5 aromatic rings. The van der Waals surface area contributed by atoms with Crippen molar-refractivity contribution >= 4 is 17.4 Å². The van der Waals surface area contributed by atoms with Crippen molar-refractivity contribution in [1.82, 2.24) is 24.1 Å².